The van der Waals surface area contributed by atoms with Gasteiger partial charge in [0, 0.05) is 16.8 Å². The summed E-state index contributed by atoms with van der Waals surface area (Å²) in [5.41, 5.74) is 6.07. The van der Waals surface area contributed by atoms with Gasteiger partial charge in [0.15, 0.2) is 0 Å². The molecule has 21 heavy (non-hydrogen) atoms. The molecule has 110 valence electrons. The van der Waals surface area contributed by atoms with Crippen LogP contribution in [0.4, 0.5) is 20.2 Å². The van der Waals surface area contributed by atoms with Crippen LogP contribution in [0.15, 0.2) is 24.3 Å². The third-order valence-electron chi connectivity index (χ3n) is 2.89. The second-order valence-corrected chi connectivity index (χ2v) is 5.19. The van der Waals surface area contributed by atoms with Crippen LogP contribution in [0.2, 0.25) is 10.0 Å². The first-order valence-corrected chi connectivity index (χ1v) is 6.56. The van der Waals surface area contributed by atoms with E-state index < -0.39 is 17.5 Å². The molecular weight excluding hydrogens is 321 g/mol. The summed E-state index contributed by atoms with van der Waals surface area (Å²) in [5, 5.41) is 2.28. The number of benzene rings is 2. The smallest absolute Gasteiger partial charge is 0.255 e. The Hall–Kier alpha value is -1.85. The minimum atomic E-state index is -0.656. The average Bonchev–Trinajstić information content (AvgIpc) is 2.39. The minimum Gasteiger partial charge on any atom is -0.398 e. The Labute approximate surface area is 129 Å². The lowest BCUT2D eigenvalue weighted by Gasteiger charge is -2.11. The van der Waals surface area contributed by atoms with E-state index >= 15 is 0 Å². The maximum absolute atomic E-state index is 13.6. The number of anilines is 2. The maximum Gasteiger partial charge on any atom is 0.255 e. The second kappa shape index (κ2) is 5.87. The zero-order valence-electron chi connectivity index (χ0n) is 10.8. The van der Waals surface area contributed by atoms with Gasteiger partial charge in [0.1, 0.15) is 11.6 Å². The summed E-state index contributed by atoms with van der Waals surface area (Å²) in [6.07, 6.45) is 0. The molecule has 1 amide bonds. The van der Waals surface area contributed by atoms with Gasteiger partial charge in [0.25, 0.3) is 5.91 Å². The first kappa shape index (κ1) is 15.5. The molecule has 0 saturated carbocycles. The molecule has 0 atom stereocenters. The van der Waals surface area contributed by atoms with Crippen molar-refractivity contribution in [3.8, 4) is 0 Å². The Balaban J connectivity index is 2.35. The van der Waals surface area contributed by atoms with Crippen molar-refractivity contribution in [1.29, 1.82) is 0 Å². The molecule has 7 heteroatoms. The van der Waals surface area contributed by atoms with E-state index in [1.165, 1.54) is 13.0 Å². The highest BCUT2D eigenvalue weighted by Gasteiger charge is 2.15. The number of nitrogen functional groups attached to an aromatic ring is 1. The van der Waals surface area contributed by atoms with E-state index in [1.54, 1.807) is 0 Å². The first-order chi connectivity index (χ1) is 9.79. The Morgan fingerprint density at radius 2 is 1.71 bits per heavy atom. The van der Waals surface area contributed by atoms with Gasteiger partial charge in [-0.05, 0) is 31.2 Å². The lowest BCUT2D eigenvalue weighted by atomic mass is 10.1. The van der Waals surface area contributed by atoms with Crippen LogP contribution in [-0.2, 0) is 0 Å². The fourth-order valence-corrected chi connectivity index (χ4v) is 2.23. The number of rotatable bonds is 2. The van der Waals surface area contributed by atoms with E-state index in [9.17, 15) is 13.6 Å². The molecule has 2 aromatic carbocycles. The predicted molar refractivity (Wildman–Crippen MR) is 79.9 cm³/mol. The van der Waals surface area contributed by atoms with E-state index in [1.807, 2.05) is 0 Å². The number of nitrogens with two attached hydrogens (primary N) is 1. The summed E-state index contributed by atoms with van der Waals surface area (Å²) < 4.78 is 26.7. The molecule has 2 rings (SSSR count). The quantitative estimate of drug-likeness (QED) is 0.801. The van der Waals surface area contributed by atoms with Crippen LogP contribution < -0.4 is 11.1 Å². The summed E-state index contributed by atoms with van der Waals surface area (Å²) in [6.45, 7) is 1.50. The summed E-state index contributed by atoms with van der Waals surface area (Å²) in [6, 6.07) is 4.39. The van der Waals surface area contributed by atoms with Gasteiger partial charge in [-0.1, -0.05) is 23.2 Å². The largest absolute Gasteiger partial charge is 0.398 e. The number of amides is 1. The molecule has 0 aliphatic carbocycles. The van der Waals surface area contributed by atoms with E-state index in [-0.39, 0.29) is 32.5 Å². The van der Waals surface area contributed by atoms with Crippen molar-refractivity contribution in [2.45, 2.75) is 6.92 Å². The van der Waals surface area contributed by atoms with Crippen molar-refractivity contribution in [3.63, 3.8) is 0 Å². The van der Waals surface area contributed by atoms with Gasteiger partial charge in [-0.2, -0.15) is 0 Å². The average molecular weight is 331 g/mol. The Bertz CT molecular complexity index is 689. The topological polar surface area (TPSA) is 55.1 Å². The molecule has 2 aromatic rings. The number of hydrogen-bond donors (Lipinski definition) is 2. The first-order valence-electron chi connectivity index (χ1n) is 5.81. The third-order valence-corrected chi connectivity index (χ3v) is 3.49. The van der Waals surface area contributed by atoms with E-state index in [2.05, 4.69) is 5.32 Å². The van der Waals surface area contributed by atoms with Gasteiger partial charge in [-0.3, -0.25) is 4.79 Å². The van der Waals surface area contributed by atoms with Crippen molar-refractivity contribution in [2.24, 2.45) is 0 Å². The Morgan fingerprint density at radius 3 is 2.24 bits per heavy atom. The van der Waals surface area contributed by atoms with Crippen LogP contribution in [0.1, 0.15) is 15.9 Å². The van der Waals surface area contributed by atoms with Crippen LogP contribution in [0.5, 0.6) is 0 Å². The zero-order chi connectivity index (χ0) is 15.7. The molecule has 0 saturated heterocycles. The van der Waals surface area contributed by atoms with Crippen LogP contribution >= 0.6 is 23.2 Å². The normalized spacial score (nSPS) is 10.5. The number of nitrogens with one attached hydrogen (secondary N) is 1. The molecule has 0 bridgehead atoms. The lowest BCUT2D eigenvalue weighted by Crippen LogP contribution is -2.14. The van der Waals surface area contributed by atoms with E-state index in [0.717, 1.165) is 18.2 Å². The summed E-state index contributed by atoms with van der Waals surface area (Å²) in [4.78, 5) is 12.1. The summed E-state index contributed by atoms with van der Waals surface area (Å²) in [7, 11) is 0. The van der Waals surface area contributed by atoms with Crippen molar-refractivity contribution in [1.82, 2.24) is 0 Å². The fraction of sp³-hybridized carbons (Fsp3) is 0.0714. The molecule has 0 unspecified atom stereocenters. The van der Waals surface area contributed by atoms with Crippen molar-refractivity contribution in [3.05, 3.63) is 57.1 Å². The van der Waals surface area contributed by atoms with Gasteiger partial charge in [0.05, 0.1) is 15.7 Å². The highest BCUT2D eigenvalue weighted by Crippen LogP contribution is 2.32. The zero-order valence-corrected chi connectivity index (χ0v) is 12.3. The van der Waals surface area contributed by atoms with Gasteiger partial charge < -0.3 is 11.1 Å². The Morgan fingerprint density at radius 1 is 1.14 bits per heavy atom. The van der Waals surface area contributed by atoms with E-state index in [4.69, 9.17) is 28.9 Å². The van der Waals surface area contributed by atoms with Crippen LogP contribution in [-0.4, -0.2) is 5.91 Å². The molecule has 3 nitrogen and oxygen atoms in total. The molecule has 0 fully saturated rings. The number of halogens is 4. The van der Waals surface area contributed by atoms with Gasteiger partial charge >= 0.3 is 0 Å². The molecule has 3 N–H and O–H groups in total. The fourth-order valence-electron chi connectivity index (χ4n) is 1.68. The SMILES string of the molecule is Cc1c(N)cc(C(=O)Nc2c(Cl)cc(F)cc2Cl)cc1F. The van der Waals surface area contributed by atoms with Crippen molar-refractivity contribution < 1.29 is 13.6 Å². The monoisotopic (exact) mass is 330 g/mol. The lowest BCUT2D eigenvalue weighted by molar-refractivity contribution is 0.102. The second-order valence-electron chi connectivity index (χ2n) is 4.37. The third kappa shape index (κ3) is 3.25. The number of carbonyl (C=O) groups is 1. The highest BCUT2D eigenvalue weighted by molar-refractivity contribution is 6.40. The molecule has 0 radical (unpaired) electrons. The standard InChI is InChI=1S/C14H10Cl2F2N2O/c1-6-11(18)2-7(3-12(6)19)14(21)20-13-9(15)4-8(17)5-10(13)16/h2-5H,19H2,1H3,(H,20,21). The molecule has 0 aliphatic heterocycles. The van der Waals surface area contributed by atoms with E-state index in [0.29, 0.717) is 0 Å². The molecule has 0 aromatic heterocycles. The highest BCUT2D eigenvalue weighted by atomic mass is 35.5. The molecule has 0 aliphatic rings. The van der Waals surface area contributed by atoms with Crippen molar-refractivity contribution >= 4 is 40.5 Å². The van der Waals surface area contributed by atoms with Crippen LogP contribution in [0.3, 0.4) is 0 Å². The number of carbonyl (C=O) groups excluding carboxylic acids is 1. The van der Waals surface area contributed by atoms with Gasteiger partial charge in [-0.15, -0.1) is 0 Å². The number of hydrogen-bond acceptors (Lipinski definition) is 2. The predicted octanol–water partition coefficient (Wildman–Crippen LogP) is 4.41. The van der Waals surface area contributed by atoms with Crippen molar-refractivity contribution in [2.75, 3.05) is 11.1 Å². The van der Waals surface area contributed by atoms with Crippen LogP contribution in [0.25, 0.3) is 0 Å². The maximum atomic E-state index is 13.6. The van der Waals surface area contributed by atoms with Gasteiger partial charge in [0.2, 0.25) is 0 Å². The molecule has 0 spiro atoms. The minimum absolute atomic E-state index is 0.00654. The van der Waals surface area contributed by atoms with Crippen LogP contribution in [0, 0.1) is 18.6 Å². The molecule has 0 heterocycles. The molecular formula is C14H10Cl2F2N2O. The summed E-state index contributed by atoms with van der Waals surface area (Å²) >= 11 is 11.6. The van der Waals surface area contributed by atoms with Gasteiger partial charge in [-0.25, -0.2) is 8.78 Å². The summed E-state index contributed by atoms with van der Waals surface area (Å²) in [5.74, 6) is -1.89. The Kier molecular flexibility index (Phi) is 4.34.